The number of carbonyl (C=O) groups is 2. The van der Waals surface area contributed by atoms with Crippen LogP contribution in [0.1, 0.15) is 45.4 Å². The molecule has 0 saturated heterocycles. The van der Waals surface area contributed by atoms with Crippen molar-refractivity contribution in [2.24, 2.45) is 0 Å². The second kappa shape index (κ2) is 8.97. The smallest absolute Gasteiger partial charge is 0.410 e. The summed E-state index contributed by atoms with van der Waals surface area (Å²) >= 11 is 0. The quantitative estimate of drug-likeness (QED) is 0.600. The van der Waals surface area contributed by atoms with Crippen molar-refractivity contribution in [3.8, 4) is 0 Å². The zero-order valence-electron chi connectivity index (χ0n) is 18.5. The van der Waals surface area contributed by atoms with Gasteiger partial charge in [0.25, 0.3) is 0 Å². The van der Waals surface area contributed by atoms with Gasteiger partial charge in [-0.2, -0.15) is 0 Å². The Morgan fingerprint density at radius 1 is 1.03 bits per heavy atom. The van der Waals surface area contributed by atoms with Crippen LogP contribution in [0.25, 0.3) is 0 Å². The molecule has 0 bridgehead atoms. The van der Waals surface area contributed by atoms with E-state index in [1.54, 1.807) is 4.90 Å². The first kappa shape index (κ1) is 21.1. The average Bonchev–Trinajstić information content (AvgIpc) is 3.46. The standard InChI is InChI=1S/C25H26N4O4/c1-2-32-23(30)19-10-6-9-18-13-29(14-20(18)19)24-26-21-11-12-28(15-22(21)27-24)25(31)33-16-17-7-4-3-5-8-17/h3-10H,2,11-16H2,1H3,(H,26,27). The van der Waals surface area contributed by atoms with Crippen molar-refractivity contribution in [2.45, 2.75) is 39.6 Å². The van der Waals surface area contributed by atoms with Gasteiger partial charge in [0.05, 0.1) is 30.1 Å². The molecule has 0 fully saturated rings. The molecule has 2 aliphatic rings. The number of carbonyl (C=O) groups excluding carboxylic acids is 2. The predicted octanol–water partition coefficient (Wildman–Crippen LogP) is 3.80. The van der Waals surface area contributed by atoms with Crippen LogP contribution in [0, 0.1) is 0 Å². The zero-order valence-corrected chi connectivity index (χ0v) is 18.5. The van der Waals surface area contributed by atoms with Crippen molar-refractivity contribution in [2.75, 3.05) is 18.1 Å². The van der Waals surface area contributed by atoms with Crippen LogP contribution in [0.4, 0.5) is 10.7 Å². The number of ether oxygens (including phenoxy) is 2. The van der Waals surface area contributed by atoms with E-state index in [4.69, 9.17) is 14.5 Å². The summed E-state index contributed by atoms with van der Waals surface area (Å²) in [6, 6.07) is 15.4. The third-order valence-electron chi connectivity index (χ3n) is 6.06. The third kappa shape index (κ3) is 4.28. The molecule has 0 unspecified atom stereocenters. The Hall–Kier alpha value is -3.81. The minimum atomic E-state index is -0.326. The minimum absolute atomic E-state index is 0.256. The van der Waals surface area contributed by atoms with Gasteiger partial charge in [0.1, 0.15) is 6.61 Å². The van der Waals surface area contributed by atoms with E-state index < -0.39 is 0 Å². The van der Waals surface area contributed by atoms with Crippen LogP contribution in [-0.4, -0.2) is 40.1 Å². The summed E-state index contributed by atoms with van der Waals surface area (Å²) in [5.41, 5.74) is 5.55. The molecule has 0 atom stereocenters. The maximum atomic E-state index is 12.6. The van der Waals surface area contributed by atoms with Gasteiger partial charge < -0.3 is 24.3 Å². The van der Waals surface area contributed by atoms with Crippen molar-refractivity contribution >= 4 is 18.0 Å². The number of hydrogen-bond donors (Lipinski definition) is 1. The Bertz CT molecular complexity index is 1170. The van der Waals surface area contributed by atoms with Crippen LogP contribution < -0.4 is 4.90 Å². The second-order valence-corrected chi connectivity index (χ2v) is 8.22. The summed E-state index contributed by atoms with van der Waals surface area (Å²) in [4.78, 5) is 36.9. The number of amides is 1. The highest BCUT2D eigenvalue weighted by atomic mass is 16.6. The molecule has 0 radical (unpaired) electrons. The van der Waals surface area contributed by atoms with Crippen LogP contribution in [-0.2, 0) is 42.1 Å². The SMILES string of the molecule is CCOC(=O)c1cccc2c1CN(c1nc3c([nH]1)CN(C(=O)OCc1ccccc1)CC3)C2. The number of H-pyrrole nitrogens is 1. The zero-order chi connectivity index (χ0) is 22.8. The van der Waals surface area contributed by atoms with E-state index in [9.17, 15) is 9.59 Å². The fraction of sp³-hybridized carbons (Fsp3) is 0.320. The summed E-state index contributed by atoms with van der Waals surface area (Å²) in [6.07, 6.45) is 0.342. The lowest BCUT2D eigenvalue weighted by atomic mass is 10.0. The van der Waals surface area contributed by atoms with E-state index in [1.807, 2.05) is 55.5 Å². The molecule has 0 spiro atoms. The molecule has 8 nitrogen and oxygen atoms in total. The molecule has 2 aliphatic heterocycles. The van der Waals surface area contributed by atoms with Crippen LogP contribution in [0.2, 0.25) is 0 Å². The predicted molar refractivity (Wildman–Crippen MR) is 122 cm³/mol. The highest BCUT2D eigenvalue weighted by Gasteiger charge is 2.29. The van der Waals surface area contributed by atoms with Gasteiger partial charge >= 0.3 is 12.1 Å². The number of aromatic amines is 1. The monoisotopic (exact) mass is 446 g/mol. The Kier molecular flexibility index (Phi) is 5.73. The van der Waals surface area contributed by atoms with Crippen molar-refractivity contribution < 1.29 is 19.1 Å². The minimum Gasteiger partial charge on any atom is -0.462 e. The maximum Gasteiger partial charge on any atom is 0.410 e. The highest BCUT2D eigenvalue weighted by Crippen LogP contribution is 2.31. The average molecular weight is 447 g/mol. The van der Waals surface area contributed by atoms with E-state index in [1.165, 1.54) is 0 Å². The molecule has 8 heteroatoms. The molecule has 5 rings (SSSR count). The van der Waals surface area contributed by atoms with Crippen LogP contribution >= 0.6 is 0 Å². The first-order valence-corrected chi connectivity index (χ1v) is 11.2. The van der Waals surface area contributed by atoms with Gasteiger partial charge in [-0.15, -0.1) is 0 Å². The number of anilines is 1. The lowest BCUT2D eigenvalue weighted by Gasteiger charge is -2.25. The fourth-order valence-electron chi connectivity index (χ4n) is 4.37. The molecule has 1 aromatic heterocycles. The summed E-state index contributed by atoms with van der Waals surface area (Å²) < 4.78 is 10.7. The van der Waals surface area contributed by atoms with Gasteiger partial charge in [-0.3, -0.25) is 0 Å². The summed E-state index contributed by atoms with van der Waals surface area (Å²) in [5, 5.41) is 0. The van der Waals surface area contributed by atoms with E-state index in [0.717, 1.165) is 34.0 Å². The highest BCUT2D eigenvalue weighted by molar-refractivity contribution is 5.92. The maximum absolute atomic E-state index is 12.6. The number of fused-ring (bicyclic) bond motifs is 2. The molecule has 0 saturated carbocycles. The van der Waals surface area contributed by atoms with Gasteiger partial charge in [0, 0.05) is 26.1 Å². The number of benzene rings is 2. The lowest BCUT2D eigenvalue weighted by molar-refractivity contribution is 0.0525. The molecule has 33 heavy (non-hydrogen) atoms. The third-order valence-corrected chi connectivity index (χ3v) is 6.06. The lowest BCUT2D eigenvalue weighted by Crippen LogP contribution is -2.36. The molecule has 3 heterocycles. The van der Waals surface area contributed by atoms with Crippen LogP contribution in [0.5, 0.6) is 0 Å². The van der Waals surface area contributed by atoms with Crippen molar-refractivity contribution in [1.82, 2.24) is 14.9 Å². The second-order valence-electron chi connectivity index (χ2n) is 8.22. The Morgan fingerprint density at radius 3 is 2.70 bits per heavy atom. The number of nitrogens with zero attached hydrogens (tertiary/aromatic N) is 3. The number of hydrogen-bond acceptors (Lipinski definition) is 6. The van der Waals surface area contributed by atoms with Gasteiger partial charge in [-0.05, 0) is 29.7 Å². The van der Waals surface area contributed by atoms with Crippen molar-refractivity contribution in [3.63, 3.8) is 0 Å². The van der Waals surface area contributed by atoms with Crippen molar-refractivity contribution in [1.29, 1.82) is 0 Å². The first-order valence-electron chi connectivity index (χ1n) is 11.2. The largest absolute Gasteiger partial charge is 0.462 e. The van der Waals surface area contributed by atoms with E-state index >= 15 is 0 Å². The number of esters is 1. The summed E-state index contributed by atoms with van der Waals surface area (Å²) in [7, 11) is 0. The van der Waals surface area contributed by atoms with Gasteiger partial charge in [0.15, 0.2) is 0 Å². The van der Waals surface area contributed by atoms with E-state index in [0.29, 0.717) is 44.8 Å². The van der Waals surface area contributed by atoms with Crippen LogP contribution in [0.15, 0.2) is 48.5 Å². The topological polar surface area (TPSA) is 87.8 Å². The molecule has 2 aromatic carbocycles. The number of nitrogens with one attached hydrogen (secondary N) is 1. The Labute approximate surface area is 192 Å². The molecular formula is C25H26N4O4. The molecular weight excluding hydrogens is 420 g/mol. The fourth-order valence-corrected chi connectivity index (χ4v) is 4.37. The van der Waals surface area contributed by atoms with Crippen molar-refractivity contribution in [3.05, 3.63) is 82.2 Å². The summed E-state index contributed by atoms with van der Waals surface area (Å²) in [6.45, 7) is 4.66. The van der Waals surface area contributed by atoms with E-state index in [-0.39, 0.29) is 18.7 Å². The van der Waals surface area contributed by atoms with Gasteiger partial charge in [0.2, 0.25) is 5.95 Å². The molecule has 1 amide bonds. The Morgan fingerprint density at radius 2 is 1.88 bits per heavy atom. The normalized spacial score (nSPS) is 14.6. The Balaban J connectivity index is 1.25. The van der Waals surface area contributed by atoms with Crippen LogP contribution in [0.3, 0.4) is 0 Å². The summed E-state index contributed by atoms with van der Waals surface area (Å²) in [5.74, 6) is 0.463. The van der Waals surface area contributed by atoms with E-state index in [2.05, 4.69) is 9.88 Å². The first-order chi connectivity index (χ1) is 16.1. The number of rotatable bonds is 5. The van der Waals surface area contributed by atoms with Gasteiger partial charge in [-0.1, -0.05) is 42.5 Å². The molecule has 1 N–H and O–H groups in total. The molecule has 0 aliphatic carbocycles. The molecule has 3 aromatic rings. The molecule has 170 valence electrons. The number of aromatic nitrogens is 2. The number of imidazole rings is 1. The van der Waals surface area contributed by atoms with Gasteiger partial charge in [-0.25, -0.2) is 14.6 Å².